The third-order valence-electron chi connectivity index (χ3n) is 2.84. The topological polar surface area (TPSA) is 72.5 Å². The molecule has 4 nitrogen and oxygen atoms in total. The summed E-state index contributed by atoms with van der Waals surface area (Å²) in [6.45, 7) is 3.59. The van der Waals surface area contributed by atoms with Gasteiger partial charge in [0.15, 0.2) is 0 Å². The smallest absolute Gasteiger partial charge is 0.321 e. The lowest BCUT2D eigenvalue weighted by Crippen LogP contribution is -2.46. The maximum Gasteiger partial charge on any atom is 0.321 e. The number of benzene rings is 1. The molecule has 0 saturated carbocycles. The van der Waals surface area contributed by atoms with E-state index in [9.17, 15) is 4.79 Å². The molecule has 1 aromatic carbocycles. The van der Waals surface area contributed by atoms with Crippen molar-refractivity contribution in [1.29, 1.82) is 0 Å². The van der Waals surface area contributed by atoms with E-state index >= 15 is 0 Å². The fourth-order valence-electron chi connectivity index (χ4n) is 1.65. The van der Waals surface area contributed by atoms with Gasteiger partial charge in [-0.25, -0.2) is 0 Å². The zero-order valence-corrected chi connectivity index (χ0v) is 9.73. The van der Waals surface area contributed by atoms with Crippen molar-refractivity contribution in [3.8, 4) is 5.75 Å². The number of methoxy groups -OCH3 is 1. The van der Waals surface area contributed by atoms with Gasteiger partial charge in [0.2, 0.25) is 0 Å². The van der Waals surface area contributed by atoms with Crippen LogP contribution >= 0.6 is 0 Å². The predicted molar refractivity (Wildman–Crippen MR) is 61.6 cm³/mol. The average Bonchev–Trinajstić information content (AvgIpc) is 2.27. The Morgan fingerprint density at radius 3 is 2.50 bits per heavy atom. The number of nitrogens with two attached hydrogens (primary N) is 1. The van der Waals surface area contributed by atoms with Crippen molar-refractivity contribution in [3.05, 3.63) is 29.8 Å². The number of aliphatic carboxylic acids is 1. The molecule has 0 radical (unpaired) electrons. The maximum atomic E-state index is 11.0. The zero-order chi connectivity index (χ0) is 12.3. The normalized spacial score (nSPS) is 13.2. The number of hydrogen-bond acceptors (Lipinski definition) is 3. The van der Waals surface area contributed by atoms with Crippen LogP contribution in [0, 0.1) is 0 Å². The van der Waals surface area contributed by atoms with Gasteiger partial charge < -0.3 is 15.6 Å². The Kier molecular flexibility index (Phi) is 3.55. The quantitative estimate of drug-likeness (QED) is 0.809. The highest BCUT2D eigenvalue weighted by Gasteiger charge is 2.35. The van der Waals surface area contributed by atoms with Crippen LogP contribution in [0.25, 0.3) is 0 Å². The SMILES string of the molecule is COc1ccccc1C(C)(C)C(N)C(=O)O. The molecule has 88 valence electrons. The van der Waals surface area contributed by atoms with Crippen LogP contribution in [0.1, 0.15) is 19.4 Å². The summed E-state index contributed by atoms with van der Waals surface area (Å²) in [5, 5.41) is 8.98. The van der Waals surface area contributed by atoms with Gasteiger partial charge in [0.05, 0.1) is 7.11 Å². The van der Waals surface area contributed by atoms with E-state index in [1.807, 2.05) is 18.2 Å². The van der Waals surface area contributed by atoms with Gasteiger partial charge in [-0.2, -0.15) is 0 Å². The first-order valence-corrected chi connectivity index (χ1v) is 5.03. The van der Waals surface area contributed by atoms with Gasteiger partial charge in [0, 0.05) is 11.0 Å². The van der Waals surface area contributed by atoms with Gasteiger partial charge in [-0.3, -0.25) is 4.79 Å². The summed E-state index contributed by atoms with van der Waals surface area (Å²) < 4.78 is 5.21. The monoisotopic (exact) mass is 223 g/mol. The molecule has 0 aliphatic carbocycles. The van der Waals surface area contributed by atoms with Crippen LogP contribution in [0.15, 0.2) is 24.3 Å². The van der Waals surface area contributed by atoms with E-state index in [4.69, 9.17) is 15.6 Å². The Hall–Kier alpha value is -1.55. The highest BCUT2D eigenvalue weighted by molar-refractivity contribution is 5.76. The van der Waals surface area contributed by atoms with Crippen molar-refractivity contribution in [3.63, 3.8) is 0 Å². The summed E-state index contributed by atoms with van der Waals surface area (Å²) in [6, 6.07) is 6.34. The van der Waals surface area contributed by atoms with Gasteiger partial charge >= 0.3 is 5.97 Å². The first-order valence-electron chi connectivity index (χ1n) is 5.03. The van der Waals surface area contributed by atoms with Gasteiger partial charge in [0.25, 0.3) is 0 Å². The van der Waals surface area contributed by atoms with Gasteiger partial charge in [-0.1, -0.05) is 32.0 Å². The molecule has 16 heavy (non-hydrogen) atoms. The minimum absolute atomic E-state index is 0.657. The van der Waals surface area contributed by atoms with Crippen LogP contribution < -0.4 is 10.5 Å². The number of carboxylic acids is 1. The average molecular weight is 223 g/mol. The molecule has 1 unspecified atom stereocenters. The highest BCUT2D eigenvalue weighted by Crippen LogP contribution is 2.33. The molecule has 0 heterocycles. The maximum absolute atomic E-state index is 11.0. The van der Waals surface area contributed by atoms with E-state index < -0.39 is 17.4 Å². The zero-order valence-electron chi connectivity index (χ0n) is 9.73. The van der Waals surface area contributed by atoms with Crippen LogP contribution in [0.3, 0.4) is 0 Å². The van der Waals surface area contributed by atoms with Crippen LogP contribution in [0.2, 0.25) is 0 Å². The lowest BCUT2D eigenvalue weighted by molar-refractivity contribution is -0.140. The van der Waals surface area contributed by atoms with Crippen molar-refractivity contribution in [1.82, 2.24) is 0 Å². The molecule has 1 rings (SSSR count). The van der Waals surface area contributed by atoms with E-state index in [2.05, 4.69) is 0 Å². The molecule has 0 aliphatic heterocycles. The lowest BCUT2D eigenvalue weighted by Gasteiger charge is -2.30. The van der Waals surface area contributed by atoms with Gasteiger partial charge in [-0.05, 0) is 6.07 Å². The second-order valence-electron chi connectivity index (χ2n) is 4.24. The van der Waals surface area contributed by atoms with Crippen LogP contribution in [-0.4, -0.2) is 24.2 Å². The Morgan fingerprint density at radius 2 is 2.00 bits per heavy atom. The molecule has 0 aliphatic rings. The molecule has 1 aromatic rings. The Labute approximate surface area is 95.0 Å². The molecule has 3 N–H and O–H groups in total. The lowest BCUT2D eigenvalue weighted by atomic mass is 9.77. The molecule has 0 amide bonds. The summed E-state index contributed by atoms with van der Waals surface area (Å²) in [6.07, 6.45) is 0. The number of hydrogen-bond donors (Lipinski definition) is 2. The number of para-hydroxylation sites is 1. The molecule has 0 fully saturated rings. The minimum atomic E-state index is -1.02. The third kappa shape index (κ3) is 2.17. The standard InChI is InChI=1S/C12H17NO3/c1-12(2,10(13)11(14)15)8-6-4-5-7-9(8)16-3/h4-7,10H,13H2,1-3H3,(H,14,15). The highest BCUT2D eigenvalue weighted by atomic mass is 16.5. The van der Waals surface area contributed by atoms with E-state index in [1.165, 1.54) is 0 Å². The molecule has 0 aromatic heterocycles. The Balaban J connectivity index is 3.20. The minimum Gasteiger partial charge on any atom is -0.496 e. The molecular weight excluding hydrogens is 206 g/mol. The fourth-order valence-corrected chi connectivity index (χ4v) is 1.65. The summed E-state index contributed by atoms with van der Waals surface area (Å²) in [5.41, 5.74) is 5.81. The molecular formula is C12H17NO3. The molecule has 4 heteroatoms. The van der Waals surface area contributed by atoms with Crippen molar-refractivity contribution in [2.75, 3.05) is 7.11 Å². The number of rotatable bonds is 4. The van der Waals surface area contributed by atoms with E-state index in [-0.39, 0.29) is 0 Å². The number of carbonyl (C=O) groups is 1. The number of ether oxygens (including phenoxy) is 1. The van der Waals surface area contributed by atoms with Crippen molar-refractivity contribution < 1.29 is 14.6 Å². The second kappa shape index (κ2) is 4.53. The van der Waals surface area contributed by atoms with Gasteiger partial charge in [-0.15, -0.1) is 0 Å². The third-order valence-corrected chi connectivity index (χ3v) is 2.84. The Bertz CT molecular complexity index is 388. The number of carboxylic acid groups (broad SMARTS) is 1. The first kappa shape index (κ1) is 12.5. The van der Waals surface area contributed by atoms with E-state index in [0.29, 0.717) is 5.75 Å². The molecule has 0 spiro atoms. The van der Waals surface area contributed by atoms with E-state index in [1.54, 1.807) is 27.0 Å². The Morgan fingerprint density at radius 1 is 1.44 bits per heavy atom. The van der Waals surface area contributed by atoms with Crippen LogP contribution in [0.5, 0.6) is 5.75 Å². The molecule has 0 saturated heterocycles. The predicted octanol–water partition coefficient (Wildman–Crippen LogP) is 1.38. The van der Waals surface area contributed by atoms with Crippen molar-refractivity contribution in [2.45, 2.75) is 25.3 Å². The second-order valence-corrected chi connectivity index (χ2v) is 4.24. The summed E-state index contributed by atoms with van der Waals surface area (Å²) in [4.78, 5) is 11.0. The van der Waals surface area contributed by atoms with Gasteiger partial charge in [0.1, 0.15) is 11.8 Å². The van der Waals surface area contributed by atoms with Crippen molar-refractivity contribution in [2.24, 2.45) is 5.73 Å². The summed E-state index contributed by atoms with van der Waals surface area (Å²) in [5.74, 6) is -0.361. The van der Waals surface area contributed by atoms with Crippen LogP contribution in [-0.2, 0) is 10.2 Å². The fraction of sp³-hybridized carbons (Fsp3) is 0.417. The molecule has 1 atom stereocenters. The largest absolute Gasteiger partial charge is 0.496 e. The van der Waals surface area contributed by atoms with E-state index in [0.717, 1.165) is 5.56 Å². The summed E-state index contributed by atoms with van der Waals surface area (Å²) in [7, 11) is 1.56. The van der Waals surface area contributed by atoms with Crippen molar-refractivity contribution >= 4 is 5.97 Å². The first-order chi connectivity index (χ1) is 7.41. The van der Waals surface area contributed by atoms with Crippen LogP contribution in [0.4, 0.5) is 0 Å². The summed E-state index contributed by atoms with van der Waals surface area (Å²) >= 11 is 0. The molecule has 0 bridgehead atoms.